The second kappa shape index (κ2) is 7.41. The Morgan fingerprint density at radius 1 is 1.38 bits per heavy atom. The molecule has 0 aliphatic carbocycles. The largest absolute Gasteiger partial charge is 0.492 e. The molecule has 1 saturated heterocycles. The summed E-state index contributed by atoms with van der Waals surface area (Å²) in [7, 11) is 0. The van der Waals surface area contributed by atoms with Gasteiger partial charge in [-0.1, -0.05) is 6.07 Å². The van der Waals surface area contributed by atoms with E-state index in [1.54, 1.807) is 0 Å². The molecule has 132 valence electrons. The quantitative estimate of drug-likeness (QED) is 0.795. The third-order valence-corrected chi connectivity index (χ3v) is 3.69. The highest BCUT2D eigenvalue weighted by molar-refractivity contribution is 5.80. The van der Waals surface area contributed by atoms with Crippen molar-refractivity contribution in [3.8, 4) is 5.75 Å². The van der Waals surface area contributed by atoms with Gasteiger partial charge in [0, 0.05) is 13.1 Å². The first-order chi connectivity index (χ1) is 11.3. The number of carbonyl (C=O) groups is 2. The Bertz CT molecular complexity index is 607. The number of halogens is 3. The van der Waals surface area contributed by atoms with Gasteiger partial charge in [0.1, 0.15) is 12.4 Å². The number of nitrogens with one attached hydrogen (secondary N) is 1. The Balaban J connectivity index is 1.73. The Hall–Kier alpha value is -2.45. The summed E-state index contributed by atoms with van der Waals surface area (Å²) in [6, 6.07) is 4.17. The van der Waals surface area contributed by atoms with Crippen LogP contribution in [0.5, 0.6) is 5.75 Å². The smallest absolute Gasteiger partial charge is 0.416 e. The van der Waals surface area contributed by atoms with Gasteiger partial charge >= 0.3 is 12.2 Å². The molecular formula is C15H18F3N3O3. The summed E-state index contributed by atoms with van der Waals surface area (Å²) in [4.78, 5) is 24.4. The third kappa shape index (κ3) is 4.77. The van der Waals surface area contributed by atoms with Crippen LogP contribution in [-0.2, 0) is 11.0 Å². The monoisotopic (exact) mass is 345 g/mol. The average Bonchev–Trinajstić information content (AvgIpc) is 3.01. The van der Waals surface area contributed by atoms with Crippen LogP contribution in [-0.4, -0.2) is 43.1 Å². The van der Waals surface area contributed by atoms with E-state index in [-0.39, 0.29) is 37.4 Å². The number of ether oxygens (including phenoxy) is 1. The number of alkyl halides is 3. The molecule has 0 bridgehead atoms. The SMILES string of the molecule is NC(=O)[C@@H]1CCN(C(=O)NCCOc2cccc(C(F)(F)F)c2)C1. The summed E-state index contributed by atoms with van der Waals surface area (Å²) in [6.45, 7) is 0.872. The van der Waals surface area contributed by atoms with E-state index in [2.05, 4.69) is 5.32 Å². The van der Waals surface area contributed by atoms with Crippen molar-refractivity contribution in [2.75, 3.05) is 26.2 Å². The lowest BCUT2D eigenvalue weighted by molar-refractivity contribution is -0.137. The van der Waals surface area contributed by atoms with Crippen LogP contribution < -0.4 is 15.8 Å². The summed E-state index contributed by atoms with van der Waals surface area (Å²) in [6.07, 6.45) is -3.90. The molecule has 3 amide bonds. The van der Waals surface area contributed by atoms with Crippen LogP contribution in [0.2, 0.25) is 0 Å². The summed E-state index contributed by atoms with van der Waals surface area (Å²) < 4.78 is 42.9. The summed E-state index contributed by atoms with van der Waals surface area (Å²) in [5.74, 6) is -0.690. The molecule has 0 spiro atoms. The topological polar surface area (TPSA) is 84.7 Å². The Morgan fingerprint density at radius 2 is 2.12 bits per heavy atom. The maximum Gasteiger partial charge on any atom is 0.416 e. The zero-order valence-corrected chi connectivity index (χ0v) is 12.8. The molecular weight excluding hydrogens is 327 g/mol. The van der Waals surface area contributed by atoms with Gasteiger partial charge in [-0.15, -0.1) is 0 Å². The van der Waals surface area contributed by atoms with Crippen molar-refractivity contribution in [2.24, 2.45) is 11.7 Å². The second-order valence-electron chi connectivity index (χ2n) is 5.44. The van der Waals surface area contributed by atoms with Crippen molar-refractivity contribution in [1.29, 1.82) is 0 Å². The highest BCUT2D eigenvalue weighted by Crippen LogP contribution is 2.31. The van der Waals surface area contributed by atoms with Gasteiger partial charge in [-0.25, -0.2) is 4.79 Å². The van der Waals surface area contributed by atoms with E-state index in [0.717, 1.165) is 12.1 Å². The number of hydrogen-bond donors (Lipinski definition) is 2. The fourth-order valence-corrected chi connectivity index (χ4v) is 2.38. The van der Waals surface area contributed by atoms with E-state index in [1.807, 2.05) is 0 Å². The van der Waals surface area contributed by atoms with Crippen LogP contribution >= 0.6 is 0 Å². The number of nitrogens with two attached hydrogens (primary N) is 1. The van der Waals surface area contributed by atoms with Gasteiger partial charge in [-0.05, 0) is 24.6 Å². The lowest BCUT2D eigenvalue weighted by Crippen LogP contribution is -2.41. The minimum absolute atomic E-state index is 0.0279. The molecule has 0 radical (unpaired) electrons. The summed E-state index contributed by atoms with van der Waals surface area (Å²) in [5, 5.41) is 2.59. The molecule has 1 heterocycles. The van der Waals surface area contributed by atoms with Crippen LogP contribution in [0.4, 0.5) is 18.0 Å². The zero-order chi connectivity index (χ0) is 17.7. The van der Waals surface area contributed by atoms with Gasteiger partial charge in [-0.2, -0.15) is 13.2 Å². The average molecular weight is 345 g/mol. The highest BCUT2D eigenvalue weighted by Gasteiger charge is 2.31. The standard InChI is InChI=1S/C15H18F3N3O3/c16-15(17,18)11-2-1-3-12(8-11)24-7-5-20-14(23)21-6-4-10(9-21)13(19)22/h1-3,8,10H,4-7,9H2,(H2,19,22)(H,20,23)/t10-/m1/s1. The van der Waals surface area contributed by atoms with E-state index >= 15 is 0 Å². The fourth-order valence-electron chi connectivity index (χ4n) is 2.38. The van der Waals surface area contributed by atoms with E-state index in [1.165, 1.54) is 17.0 Å². The van der Waals surface area contributed by atoms with E-state index < -0.39 is 17.6 Å². The van der Waals surface area contributed by atoms with Crippen molar-refractivity contribution >= 4 is 11.9 Å². The first-order valence-electron chi connectivity index (χ1n) is 7.39. The van der Waals surface area contributed by atoms with Gasteiger partial charge < -0.3 is 20.7 Å². The van der Waals surface area contributed by atoms with Crippen molar-refractivity contribution in [2.45, 2.75) is 12.6 Å². The van der Waals surface area contributed by atoms with Gasteiger partial charge in [0.05, 0.1) is 18.0 Å². The van der Waals surface area contributed by atoms with Crippen LogP contribution in [0.1, 0.15) is 12.0 Å². The Morgan fingerprint density at radius 3 is 2.75 bits per heavy atom. The number of amides is 3. The molecule has 0 aromatic heterocycles. The maximum absolute atomic E-state index is 12.6. The first kappa shape index (κ1) is 17.9. The number of hydrogen-bond acceptors (Lipinski definition) is 3. The second-order valence-corrected chi connectivity index (χ2v) is 5.44. The Labute approximate surface area is 136 Å². The molecule has 1 aromatic rings. The Kier molecular flexibility index (Phi) is 5.53. The number of primary amides is 1. The number of benzene rings is 1. The fraction of sp³-hybridized carbons (Fsp3) is 0.467. The molecule has 1 fully saturated rings. The molecule has 0 saturated carbocycles. The number of rotatable bonds is 5. The summed E-state index contributed by atoms with van der Waals surface area (Å²) in [5.41, 5.74) is 4.40. The normalized spacial score (nSPS) is 17.6. The molecule has 1 aromatic carbocycles. The third-order valence-electron chi connectivity index (χ3n) is 3.69. The molecule has 24 heavy (non-hydrogen) atoms. The molecule has 3 N–H and O–H groups in total. The number of urea groups is 1. The molecule has 1 aliphatic heterocycles. The molecule has 9 heteroatoms. The lowest BCUT2D eigenvalue weighted by Gasteiger charge is -2.17. The van der Waals surface area contributed by atoms with Crippen LogP contribution in [0.15, 0.2) is 24.3 Å². The number of carbonyl (C=O) groups excluding carboxylic acids is 2. The molecule has 1 atom stereocenters. The lowest BCUT2D eigenvalue weighted by atomic mass is 10.1. The predicted molar refractivity (Wildman–Crippen MR) is 79.2 cm³/mol. The molecule has 0 unspecified atom stereocenters. The van der Waals surface area contributed by atoms with Crippen LogP contribution in [0.3, 0.4) is 0 Å². The van der Waals surface area contributed by atoms with E-state index in [4.69, 9.17) is 10.5 Å². The molecule has 1 aliphatic rings. The van der Waals surface area contributed by atoms with Gasteiger partial charge in [0.25, 0.3) is 0 Å². The van der Waals surface area contributed by atoms with Crippen molar-refractivity contribution < 1.29 is 27.5 Å². The van der Waals surface area contributed by atoms with E-state index in [0.29, 0.717) is 13.0 Å². The predicted octanol–water partition coefficient (Wildman–Crippen LogP) is 1.60. The number of likely N-dealkylation sites (tertiary alicyclic amines) is 1. The molecule has 2 rings (SSSR count). The summed E-state index contributed by atoms with van der Waals surface area (Å²) >= 11 is 0. The van der Waals surface area contributed by atoms with Crippen molar-refractivity contribution in [1.82, 2.24) is 10.2 Å². The molecule has 6 nitrogen and oxygen atoms in total. The number of nitrogens with zero attached hydrogens (tertiary/aromatic N) is 1. The van der Waals surface area contributed by atoms with E-state index in [9.17, 15) is 22.8 Å². The minimum Gasteiger partial charge on any atom is -0.492 e. The zero-order valence-electron chi connectivity index (χ0n) is 12.8. The minimum atomic E-state index is -4.43. The maximum atomic E-state index is 12.6. The van der Waals surface area contributed by atoms with Crippen LogP contribution in [0.25, 0.3) is 0 Å². The van der Waals surface area contributed by atoms with Crippen LogP contribution in [0, 0.1) is 5.92 Å². The van der Waals surface area contributed by atoms with Crippen molar-refractivity contribution in [3.05, 3.63) is 29.8 Å². The van der Waals surface area contributed by atoms with Gasteiger partial charge in [0.2, 0.25) is 5.91 Å². The highest BCUT2D eigenvalue weighted by atomic mass is 19.4. The van der Waals surface area contributed by atoms with Gasteiger partial charge in [-0.3, -0.25) is 4.79 Å². The van der Waals surface area contributed by atoms with Crippen molar-refractivity contribution in [3.63, 3.8) is 0 Å². The first-order valence-corrected chi connectivity index (χ1v) is 7.39. The van der Waals surface area contributed by atoms with Gasteiger partial charge in [0.15, 0.2) is 0 Å².